The van der Waals surface area contributed by atoms with E-state index in [9.17, 15) is 18.4 Å². The normalized spacial score (nSPS) is 11.9. The second kappa shape index (κ2) is 11.4. The van der Waals surface area contributed by atoms with Crippen LogP contribution in [0.4, 0.5) is 14.5 Å². The maximum Gasteiger partial charge on any atom is 0.269 e. The minimum Gasteiger partial charge on any atom is -0.343 e. The van der Waals surface area contributed by atoms with E-state index in [1.165, 1.54) is 41.7 Å². The summed E-state index contributed by atoms with van der Waals surface area (Å²) in [5.74, 6) is -2.33. The van der Waals surface area contributed by atoms with Gasteiger partial charge in [-0.3, -0.25) is 15.0 Å². The Morgan fingerprint density at radius 3 is 2.68 bits per heavy atom. The molecule has 0 unspecified atom stereocenters. The van der Waals surface area contributed by atoms with Gasteiger partial charge in [0.05, 0.1) is 11.7 Å². The summed E-state index contributed by atoms with van der Waals surface area (Å²) in [5.41, 5.74) is 1.11. The Labute approximate surface area is 199 Å². The molecule has 1 aromatic heterocycles. The van der Waals surface area contributed by atoms with Gasteiger partial charge in [-0.2, -0.15) is 0 Å². The van der Waals surface area contributed by atoms with Crippen LogP contribution in [0.15, 0.2) is 60.8 Å². The predicted molar refractivity (Wildman–Crippen MR) is 129 cm³/mol. The number of hydrogen-bond acceptors (Lipinski definition) is 6. The number of para-hydroxylation sites is 1. The minimum absolute atomic E-state index is 0.000994. The lowest BCUT2D eigenvalue weighted by Crippen LogP contribution is -2.31. The molecule has 1 heterocycles. The maximum atomic E-state index is 13.8. The summed E-state index contributed by atoms with van der Waals surface area (Å²) in [6.45, 7) is 2.28. The lowest BCUT2D eigenvalue weighted by molar-refractivity contribution is -0.115. The number of thiazole rings is 1. The molecule has 0 radical (unpaired) electrons. The molecular weight excluding hydrogens is 460 g/mol. The Bertz CT molecular complexity index is 1240. The van der Waals surface area contributed by atoms with E-state index in [-0.39, 0.29) is 11.5 Å². The van der Waals surface area contributed by atoms with E-state index in [0.29, 0.717) is 17.1 Å². The first-order valence-corrected chi connectivity index (χ1v) is 11.1. The van der Waals surface area contributed by atoms with Gasteiger partial charge in [-0.15, -0.1) is 11.3 Å². The number of anilines is 1. The van der Waals surface area contributed by atoms with Crippen molar-refractivity contribution in [3.05, 3.63) is 82.9 Å². The van der Waals surface area contributed by atoms with Crippen molar-refractivity contribution in [1.29, 1.82) is 5.41 Å². The molecule has 1 atom stereocenters. The summed E-state index contributed by atoms with van der Waals surface area (Å²) < 4.78 is 27.4. The predicted octanol–water partition coefficient (Wildman–Crippen LogP) is 4.20. The third-order valence-electron chi connectivity index (χ3n) is 4.75. The van der Waals surface area contributed by atoms with Crippen molar-refractivity contribution in [1.82, 2.24) is 15.6 Å². The van der Waals surface area contributed by atoms with Gasteiger partial charge in [0.15, 0.2) is 0 Å². The van der Waals surface area contributed by atoms with Crippen molar-refractivity contribution in [2.24, 2.45) is 0 Å². The molecule has 0 bridgehead atoms. The van der Waals surface area contributed by atoms with Gasteiger partial charge in [0.2, 0.25) is 5.91 Å². The van der Waals surface area contributed by atoms with Crippen molar-refractivity contribution in [3.63, 3.8) is 0 Å². The van der Waals surface area contributed by atoms with E-state index in [1.807, 2.05) is 0 Å². The number of benzene rings is 2. The van der Waals surface area contributed by atoms with Crippen molar-refractivity contribution in [2.75, 3.05) is 12.4 Å². The zero-order valence-electron chi connectivity index (χ0n) is 18.5. The van der Waals surface area contributed by atoms with Crippen molar-refractivity contribution < 1.29 is 18.4 Å². The Morgan fingerprint density at radius 2 is 1.94 bits per heavy atom. The monoisotopic (exact) mass is 483 g/mol. The Balaban J connectivity index is 1.62. The molecule has 2 amide bonds. The van der Waals surface area contributed by atoms with Crippen LogP contribution in [0.2, 0.25) is 0 Å². The number of nitrogens with zero attached hydrogens (tertiary/aromatic N) is 1. The highest BCUT2D eigenvalue weighted by molar-refractivity contribution is 7.15. The molecule has 3 rings (SSSR count). The van der Waals surface area contributed by atoms with Gasteiger partial charge in [-0.1, -0.05) is 18.2 Å². The highest BCUT2D eigenvalue weighted by atomic mass is 32.1. The molecule has 0 saturated heterocycles. The molecule has 0 fully saturated rings. The summed E-state index contributed by atoms with van der Waals surface area (Å²) in [6.07, 6.45) is 3.62. The Kier molecular flexibility index (Phi) is 8.34. The van der Waals surface area contributed by atoms with E-state index in [2.05, 4.69) is 20.9 Å². The number of amides is 2. The number of rotatable bonds is 9. The average molecular weight is 484 g/mol. The van der Waals surface area contributed by atoms with E-state index < -0.39 is 29.4 Å². The number of carbonyl (C=O) groups excluding carboxylic acids is 2. The van der Waals surface area contributed by atoms with Crippen LogP contribution in [-0.2, 0) is 16.1 Å². The smallest absolute Gasteiger partial charge is 0.269 e. The van der Waals surface area contributed by atoms with Crippen molar-refractivity contribution in [3.8, 4) is 10.6 Å². The largest absolute Gasteiger partial charge is 0.343 e. The van der Waals surface area contributed by atoms with Gasteiger partial charge in [0, 0.05) is 29.3 Å². The first kappa shape index (κ1) is 24.9. The van der Waals surface area contributed by atoms with Crippen LogP contribution in [-0.4, -0.2) is 29.6 Å². The number of nitrogens with one attached hydrogen (secondary N) is 4. The maximum absolute atomic E-state index is 13.8. The molecule has 0 aliphatic heterocycles. The third-order valence-corrected chi connectivity index (χ3v) is 5.96. The van der Waals surface area contributed by atoms with Crippen LogP contribution in [0.25, 0.3) is 10.6 Å². The van der Waals surface area contributed by atoms with Crippen LogP contribution in [0.1, 0.15) is 23.4 Å². The van der Waals surface area contributed by atoms with Crippen LogP contribution < -0.4 is 16.0 Å². The average Bonchev–Trinajstić information content (AvgIpc) is 3.30. The van der Waals surface area contributed by atoms with Crippen LogP contribution >= 0.6 is 11.3 Å². The van der Waals surface area contributed by atoms with Gasteiger partial charge in [0.1, 0.15) is 22.4 Å². The van der Waals surface area contributed by atoms with E-state index in [1.54, 1.807) is 32.3 Å². The fourth-order valence-corrected chi connectivity index (χ4v) is 3.99. The summed E-state index contributed by atoms with van der Waals surface area (Å²) >= 11 is 1.31. The molecule has 0 aliphatic rings. The van der Waals surface area contributed by atoms with Crippen molar-refractivity contribution in [2.45, 2.75) is 19.5 Å². The molecule has 4 N–H and O–H groups in total. The highest BCUT2D eigenvalue weighted by Gasteiger charge is 2.17. The number of aromatic nitrogens is 1. The highest BCUT2D eigenvalue weighted by Crippen LogP contribution is 2.31. The third kappa shape index (κ3) is 6.40. The number of hydrogen-bond donors (Lipinski definition) is 4. The first-order valence-electron chi connectivity index (χ1n) is 10.3. The van der Waals surface area contributed by atoms with E-state index in [4.69, 9.17) is 5.41 Å². The van der Waals surface area contributed by atoms with E-state index in [0.717, 1.165) is 22.6 Å². The minimum atomic E-state index is -0.695. The molecule has 10 heteroatoms. The summed E-state index contributed by atoms with van der Waals surface area (Å²) in [7, 11) is 1.80. The molecule has 0 aliphatic carbocycles. The summed E-state index contributed by atoms with van der Waals surface area (Å²) in [4.78, 5) is 29.4. The van der Waals surface area contributed by atoms with Crippen LogP contribution in [0.3, 0.4) is 0 Å². The zero-order valence-corrected chi connectivity index (χ0v) is 19.3. The molecular formula is C24H23F2N5O2S. The second-order valence-corrected chi connectivity index (χ2v) is 8.37. The topological polar surface area (TPSA) is 107 Å². The van der Waals surface area contributed by atoms with Crippen LogP contribution in [0, 0.1) is 17.0 Å². The molecule has 0 spiro atoms. The fourth-order valence-electron chi connectivity index (χ4n) is 3.02. The number of halogens is 2. The molecule has 7 nitrogen and oxygen atoms in total. The van der Waals surface area contributed by atoms with Gasteiger partial charge < -0.3 is 16.0 Å². The lowest BCUT2D eigenvalue weighted by atomic mass is 10.1. The van der Waals surface area contributed by atoms with Gasteiger partial charge >= 0.3 is 0 Å². The Morgan fingerprint density at radius 1 is 1.18 bits per heavy atom. The van der Waals surface area contributed by atoms with Gasteiger partial charge in [-0.05, 0) is 49.9 Å². The standard InChI is InChI=1S/C24H23F2N5O2S/c1-14(21-13-29-24(34-21)17-11-16(25)8-7-15(17)12-28-2)30-23(33)19(27)9-10-22(32)31-20-6-4-3-5-18(20)26/h3-11,13-14,27-28H,12H2,1-2H3,(H,30,33)(H,31,32)/b10-9-,27-19?/t14-/m1/s1. The Hall–Kier alpha value is -3.76. The van der Waals surface area contributed by atoms with Gasteiger partial charge in [0.25, 0.3) is 5.91 Å². The number of carbonyl (C=O) groups is 2. The van der Waals surface area contributed by atoms with Crippen LogP contribution in [0.5, 0.6) is 0 Å². The molecule has 176 valence electrons. The molecule has 0 saturated carbocycles. The fraction of sp³-hybridized carbons (Fsp3) is 0.167. The quantitative estimate of drug-likeness (QED) is 0.270. The second-order valence-electron chi connectivity index (χ2n) is 7.31. The molecule has 2 aromatic carbocycles. The van der Waals surface area contributed by atoms with Crippen molar-refractivity contribution >= 4 is 34.6 Å². The van der Waals surface area contributed by atoms with Gasteiger partial charge in [-0.25, -0.2) is 13.8 Å². The SMILES string of the molecule is CNCc1ccc(F)cc1-c1ncc([C@@H](C)NC(=O)C(=N)/C=C\C(=O)Nc2ccccc2F)s1. The summed E-state index contributed by atoms with van der Waals surface area (Å²) in [6, 6.07) is 9.71. The molecule has 34 heavy (non-hydrogen) atoms. The lowest BCUT2D eigenvalue weighted by Gasteiger charge is -2.11. The molecule has 3 aromatic rings. The van der Waals surface area contributed by atoms with E-state index >= 15 is 0 Å². The summed E-state index contributed by atoms with van der Waals surface area (Å²) in [5, 5.41) is 16.6. The zero-order chi connectivity index (χ0) is 24.7. The first-order chi connectivity index (χ1) is 16.3.